The summed E-state index contributed by atoms with van der Waals surface area (Å²) in [6.07, 6.45) is 5.56. The minimum atomic E-state index is -0.434. The summed E-state index contributed by atoms with van der Waals surface area (Å²) in [6, 6.07) is 63.0. The van der Waals surface area contributed by atoms with E-state index in [9.17, 15) is 0 Å². The first-order valence-corrected chi connectivity index (χ1v) is 19.1. The second-order valence-corrected chi connectivity index (χ2v) is 15.6. The SMILES string of the molecule is CC1(C)c2ccccc2-c2ccc(N(c3ccc4c(c3)-c3ccccc3C4(c3ccccc3)c3ccccc3)C3C=c4c(oc5ccccc45)=CC3)cc21. The van der Waals surface area contributed by atoms with Gasteiger partial charge in [0.15, 0.2) is 0 Å². The normalized spacial score (nSPS) is 16.7. The van der Waals surface area contributed by atoms with Crippen molar-refractivity contribution in [3.63, 3.8) is 0 Å². The lowest BCUT2D eigenvalue weighted by Gasteiger charge is -2.35. The van der Waals surface area contributed by atoms with Crippen molar-refractivity contribution in [2.75, 3.05) is 4.90 Å². The van der Waals surface area contributed by atoms with Crippen LogP contribution in [0.3, 0.4) is 0 Å². The van der Waals surface area contributed by atoms with Gasteiger partial charge in [-0.3, -0.25) is 0 Å². The quantitative estimate of drug-likeness (QED) is 0.178. The van der Waals surface area contributed by atoms with Gasteiger partial charge in [-0.15, -0.1) is 0 Å². The van der Waals surface area contributed by atoms with Crippen molar-refractivity contribution in [3.05, 3.63) is 214 Å². The molecule has 3 aliphatic carbocycles. The predicted octanol–water partition coefficient (Wildman–Crippen LogP) is 11.3. The van der Waals surface area contributed by atoms with E-state index in [1.54, 1.807) is 0 Å². The van der Waals surface area contributed by atoms with E-state index in [0.717, 1.165) is 22.8 Å². The third-order valence-electron chi connectivity index (χ3n) is 12.5. The first-order chi connectivity index (χ1) is 26.5. The molecule has 3 aliphatic rings. The topological polar surface area (TPSA) is 16.4 Å². The number of anilines is 2. The molecule has 1 unspecified atom stereocenters. The maximum absolute atomic E-state index is 6.35. The summed E-state index contributed by atoms with van der Waals surface area (Å²) < 4.78 is 6.35. The van der Waals surface area contributed by atoms with Crippen LogP contribution < -0.4 is 15.5 Å². The molecule has 54 heavy (non-hydrogen) atoms. The van der Waals surface area contributed by atoms with E-state index >= 15 is 0 Å². The molecule has 1 aromatic heterocycles. The molecule has 0 N–H and O–H groups in total. The fourth-order valence-electron chi connectivity index (χ4n) is 10.0. The number of para-hydroxylation sites is 1. The van der Waals surface area contributed by atoms with E-state index in [1.165, 1.54) is 72.2 Å². The maximum Gasteiger partial charge on any atom is 0.135 e. The van der Waals surface area contributed by atoms with Crippen LogP contribution in [0.5, 0.6) is 0 Å². The zero-order valence-corrected chi connectivity index (χ0v) is 30.5. The molecule has 7 aromatic carbocycles. The second-order valence-electron chi connectivity index (χ2n) is 15.6. The summed E-state index contributed by atoms with van der Waals surface area (Å²) in [7, 11) is 0. The Morgan fingerprint density at radius 2 is 1.09 bits per heavy atom. The lowest BCUT2D eigenvalue weighted by Crippen LogP contribution is -2.37. The van der Waals surface area contributed by atoms with Gasteiger partial charge in [0.25, 0.3) is 0 Å². The Hall–Kier alpha value is -6.38. The Morgan fingerprint density at radius 3 is 1.85 bits per heavy atom. The molecule has 0 amide bonds. The largest absolute Gasteiger partial charge is 0.456 e. The van der Waals surface area contributed by atoms with Gasteiger partial charge in [0.05, 0.1) is 11.5 Å². The molecule has 2 heteroatoms. The average molecular weight is 694 g/mol. The predicted molar refractivity (Wildman–Crippen MR) is 223 cm³/mol. The van der Waals surface area contributed by atoms with Gasteiger partial charge in [-0.05, 0) is 105 Å². The first-order valence-electron chi connectivity index (χ1n) is 19.1. The van der Waals surface area contributed by atoms with Crippen molar-refractivity contribution < 1.29 is 4.42 Å². The molecule has 1 atom stereocenters. The van der Waals surface area contributed by atoms with Crippen LogP contribution in [0.15, 0.2) is 174 Å². The van der Waals surface area contributed by atoms with Crippen molar-refractivity contribution >= 4 is 34.5 Å². The molecule has 11 rings (SSSR count). The molecule has 0 saturated heterocycles. The summed E-state index contributed by atoms with van der Waals surface area (Å²) in [6.45, 7) is 4.74. The number of nitrogens with zero attached hydrogens (tertiary/aromatic N) is 1. The van der Waals surface area contributed by atoms with Crippen LogP contribution in [0, 0.1) is 0 Å². The zero-order valence-electron chi connectivity index (χ0n) is 30.5. The number of benzene rings is 7. The fourth-order valence-corrected chi connectivity index (χ4v) is 10.0. The highest BCUT2D eigenvalue weighted by molar-refractivity contribution is 5.90. The molecule has 0 radical (unpaired) electrons. The molecular weight excluding hydrogens is 655 g/mol. The van der Waals surface area contributed by atoms with Crippen LogP contribution in [-0.4, -0.2) is 6.04 Å². The molecule has 0 fully saturated rings. The van der Waals surface area contributed by atoms with Gasteiger partial charge in [-0.2, -0.15) is 0 Å². The Labute approximate surface area is 316 Å². The average Bonchev–Trinajstić information content (AvgIpc) is 3.82. The van der Waals surface area contributed by atoms with E-state index in [2.05, 4.69) is 201 Å². The Kier molecular flexibility index (Phi) is 6.67. The Morgan fingerprint density at radius 1 is 0.519 bits per heavy atom. The van der Waals surface area contributed by atoms with Gasteiger partial charge < -0.3 is 9.32 Å². The lowest BCUT2D eigenvalue weighted by atomic mass is 9.68. The Balaban J connectivity index is 1.15. The van der Waals surface area contributed by atoms with Gasteiger partial charge in [-0.1, -0.05) is 153 Å². The minimum absolute atomic E-state index is 0.0751. The van der Waals surface area contributed by atoms with Crippen molar-refractivity contribution in [1.82, 2.24) is 0 Å². The summed E-state index contributed by atoms with van der Waals surface area (Å²) >= 11 is 0. The monoisotopic (exact) mass is 693 g/mol. The molecule has 2 nitrogen and oxygen atoms in total. The minimum Gasteiger partial charge on any atom is -0.456 e. The molecule has 0 spiro atoms. The first kappa shape index (κ1) is 31.2. The summed E-state index contributed by atoms with van der Waals surface area (Å²) in [5.41, 5.74) is 17.0. The Bertz CT molecular complexity index is 2860. The number of hydrogen-bond donors (Lipinski definition) is 0. The molecule has 1 heterocycles. The number of furan rings is 1. The molecule has 0 aliphatic heterocycles. The van der Waals surface area contributed by atoms with Crippen molar-refractivity contribution in [1.29, 1.82) is 0 Å². The van der Waals surface area contributed by atoms with Gasteiger partial charge in [0.2, 0.25) is 0 Å². The molecule has 258 valence electrons. The summed E-state index contributed by atoms with van der Waals surface area (Å²) in [4.78, 5) is 2.58. The lowest BCUT2D eigenvalue weighted by molar-refractivity contribution is 0.569. The molecular formula is C52H39NO. The zero-order chi connectivity index (χ0) is 36.0. The van der Waals surface area contributed by atoms with Crippen molar-refractivity contribution in [2.45, 2.75) is 37.1 Å². The highest BCUT2D eigenvalue weighted by atomic mass is 16.3. The van der Waals surface area contributed by atoms with Gasteiger partial charge >= 0.3 is 0 Å². The number of rotatable bonds is 5. The van der Waals surface area contributed by atoms with Crippen LogP contribution in [0.25, 0.3) is 45.4 Å². The maximum atomic E-state index is 6.35. The standard InChI is InChI=1S/C52H39NO/c1-51(2)45-22-12-9-19-39(45)41-28-25-38(33-48(41)51)53(37-27-30-50-44(32-37)42-21-11-14-24-49(42)54-50)36-26-29-47-43(31-36)40-20-10-13-23-46(40)52(47,34-15-5-3-6-16-34)35-17-7-4-8-18-35/h3-26,28-33,37H,27H2,1-2H3. The van der Waals surface area contributed by atoms with Crippen LogP contribution >= 0.6 is 0 Å². The molecule has 0 bridgehead atoms. The molecule has 8 aromatic rings. The highest BCUT2D eigenvalue weighted by Crippen LogP contribution is 2.57. The van der Waals surface area contributed by atoms with Crippen LogP contribution in [0.2, 0.25) is 0 Å². The third kappa shape index (κ3) is 4.28. The number of fused-ring (bicyclic) bond motifs is 9. The van der Waals surface area contributed by atoms with Crippen molar-refractivity contribution in [2.24, 2.45) is 0 Å². The smallest absolute Gasteiger partial charge is 0.135 e. The van der Waals surface area contributed by atoms with Crippen LogP contribution in [0.4, 0.5) is 11.4 Å². The van der Waals surface area contributed by atoms with E-state index in [4.69, 9.17) is 4.42 Å². The third-order valence-corrected chi connectivity index (χ3v) is 12.5. The van der Waals surface area contributed by atoms with Crippen molar-refractivity contribution in [3.8, 4) is 22.3 Å². The van der Waals surface area contributed by atoms with Gasteiger partial charge in [0.1, 0.15) is 11.0 Å². The summed E-state index contributed by atoms with van der Waals surface area (Å²) in [5.74, 6) is 0. The van der Waals surface area contributed by atoms with Crippen LogP contribution in [-0.2, 0) is 10.8 Å². The fraction of sp³-hybridized carbons (Fsp3) is 0.115. The van der Waals surface area contributed by atoms with Gasteiger partial charge in [-0.25, -0.2) is 0 Å². The number of hydrogen-bond acceptors (Lipinski definition) is 2. The molecule has 0 saturated carbocycles. The van der Waals surface area contributed by atoms with Gasteiger partial charge in [0, 0.05) is 27.4 Å². The van der Waals surface area contributed by atoms with E-state index in [1.807, 2.05) is 0 Å². The van der Waals surface area contributed by atoms with E-state index in [-0.39, 0.29) is 11.5 Å². The van der Waals surface area contributed by atoms with E-state index < -0.39 is 5.41 Å². The second kappa shape index (κ2) is 11.6. The summed E-state index contributed by atoms with van der Waals surface area (Å²) in [5, 5.41) is 2.34. The highest BCUT2D eigenvalue weighted by Gasteiger charge is 2.46. The van der Waals surface area contributed by atoms with E-state index in [0.29, 0.717) is 0 Å². The van der Waals surface area contributed by atoms with Crippen LogP contribution in [0.1, 0.15) is 53.6 Å².